The van der Waals surface area contributed by atoms with Crippen molar-refractivity contribution in [1.82, 2.24) is 4.90 Å². The predicted octanol–water partition coefficient (Wildman–Crippen LogP) is 2.44. The molecule has 0 spiro atoms. The molecule has 2 unspecified atom stereocenters. The fraction of sp³-hybridized carbons (Fsp3) is 0.818. The summed E-state index contributed by atoms with van der Waals surface area (Å²) in [5.41, 5.74) is 0. The molecule has 0 aromatic heterocycles. The molecule has 1 N–H and O–H groups in total. The summed E-state index contributed by atoms with van der Waals surface area (Å²) in [5.74, 6) is -8.27. The van der Waals surface area contributed by atoms with Crippen LogP contribution < -0.4 is 0 Å². The number of alkyl halides is 6. The number of amides is 1. The number of hydrogen-bond acceptors (Lipinski definition) is 2. The maximum atomic E-state index is 12.5. The standard InChI is InChI=1S/C11H13F6NO3/c1-5-2-3-18(6(4-5)9(20)21)8(19)7(10(12,13)14)11(15,16)17/h5-7H,2-4H2,1H3,(H,20,21). The zero-order valence-electron chi connectivity index (χ0n) is 10.8. The summed E-state index contributed by atoms with van der Waals surface area (Å²) in [7, 11) is 0. The lowest BCUT2D eigenvalue weighted by Gasteiger charge is -2.38. The van der Waals surface area contributed by atoms with Crippen LogP contribution in [0.25, 0.3) is 0 Å². The first-order valence-corrected chi connectivity index (χ1v) is 6.02. The fourth-order valence-corrected chi connectivity index (χ4v) is 2.27. The van der Waals surface area contributed by atoms with E-state index in [-0.39, 0.29) is 23.7 Å². The van der Waals surface area contributed by atoms with E-state index in [0.29, 0.717) is 0 Å². The van der Waals surface area contributed by atoms with Crippen molar-refractivity contribution >= 4 is 11.9 Å². The van der Waals surface area contributed by atoms with E-state index in [2.05, 4.69) is 0 Å². The second-order valence-corrected chi connectivity index (χ2v) is 5.03. The van der Waals surface area contributed by atoms with Crippen molar-refractivity contribution in [3.63, 3.8) is 0 Å². The number of carboxylic acids is 1. The maximum absolute atomic E-state index is 12.5. The first kappa shape index (κ1) is 17.6. The molecule has 122 valence electrons. The van der Waals surface area contributed by atoms with E-state index in [1.807, 2.05) is 0 Å². The van der Waals surface area contributed by atoms with E-state index in [0.717, 1.165) is 0 Å². The number of hydrogen-bond donors (Lipinski definition) is 1. The Hall–Kier alpha value is -1.48. The minimum absolute atomic E-state index is 0.151. The van der Waals surface area contributed by atoms with Crippen molar-refractivity contribution in [2.75, 3.05) is 6.54 Å². The molecule has 10 heteroatoms. The number of likely N-dealkylation sites (tertiary alicyclic amines) is 1. The Labute approximate surface area is 115 Å². The van der Waals surface area contributed by atoms with Crippen LogP contribution in [-0.2, 0) is 9.59 Å². The molecule has 1 heterocycles. The second-order valence-electron chi connectivity index (χ2n) is 5.03. The van der Waals surface area contributed by atoms with Crippen LogP contribution in [0.3, 0.4) is 0 Å². The number of nitrogens with zero attached hydrogens (tertiary/aromatic N) is 1. The lowest BCUT2D eigenvalue weighted by Crippen LogP contribution is -2.56. The molecule has 0 bridgehead atoms. The number of carbonyl (C=O) groups is 2. The van der Waals surface area contributed by atoms with Gasteiger partial charge in [-0.3, -0.25) is 4.79 Å². The van der Waals surface area contributed by atoms with E-state index in [1.54, 1.807) is 6.92 Å². The number of halogens is 6. The average molecular weight is 321 g/mol. The molecule has 1 amide bonds. The molecule has 0 saturated carbocycles. The molecule has 1 saturated heterocycles. The van der Waals surface area contributed by atoms with Gasteiger partial charge in [0, 0.05) is 6.54 Å². The molecular formula is C11H13F6NO3. The summed E-state index contributed by atoms with van der Waals surface area (Å²) in [6.45, 7) is 1.17. The van der Waals surface area contributed by atoms with Crippen LogP contribution in [-0.4, -0.2) is 46.8 Å². The highest BCUT2D eigenvalue weighted by molar-refractivity contribution is 5.86. The summed E-state index contributed by atoms with van der Waals surface area (Å²) in [4.78, 5) is 22.8. The lowest BCUT2D eigenvalue weighted by molar-refractivity contribution is -0.278. The largest absolute Gasteiger partial charge is 0.480 e. The highest BCUT2D eigenvalue weighted by Gasteiger charge is 2.62. The molecule has 1 aliphatic rings. The van der Waals surface area contributed by atoms with Crippen molar-refractivity contribution in [3.8, 4) is 0 Å². The van der Waals surface area contributed by atoms with Gasteiger partial charge in [-0.2, -0.15) is 26.3 Å². The van der Waals surface area contributed by atoms with Crippen LogP contribution in [0.1, 0.15) is 19.8 Å². The smallest absolute Gasteiger partial charge is 0.409 e. The van der Waals surface area contributed by atoms with Gasteiger partial charge in [-0.05, 0) is 18.8 Å². The van der Waals surface area contributed by atoms with E-state index in [1.165, 1.54) is 0 Å². The Morgan fingerprint density at radius 3 is 2.00 bits per heavy atom. The van der Waals surface area contributed by atoms with E-state index in [4.69, 9.17) is 5.11 Å². The van der Waals surface area contributed by atoms with Gasteiger partial charge >= 0.3 is 18.3 Å². The third-order valence-electron chi connectivity index (χ3n) is 3.33. The summed E-state index contributed by atoms with van der Waals surface area (Å²) in [6, 6.07) is -1.67. The minimum Gasteiger partial charge on any atom is -0.480 e. The molecule has 2 atom stereocenters. The van der Waals surface area contributed by atoms with Crippen molar-refractivity contribution in [2.24, 2.45) is 11.8 Å². The van der Waals surface area contributed by atoms with Crippen LogP contribution in [0.2, 0.25) is 0 Å². The highest BCUT2D eigenvalue weighted by Crippen LogP contribution is 2.41. The zero-order chi connectivity index (χ0) is 16.6. The van der Waals surface area contributed by atoms with Crippen LogP contribution in [0, 0.1) is 11.8 Å². The van der Waals surface area contributed by atoms with Gasteiger partial charge in [0.2, 0.25) is 11.8 Å². The molecule has 0 radical (unpaired) electrons. The molecule has 0 aromatic rings. The van der Waals surface area contributed by atoms with Crippen LogP contribution in [0.4, 0.5) is 26.3 Å². The topological polar surface area (TPSA) is 57.6 Å². The highest BCUT2D eigenvalue weighted by atomic mass is 19.4. The third kappa shape index (κ3) is 4.01. The summed E-state index contributed by atoms with van der Waals surface area (Å²) in [5, 5.41) is 8.91. The lowest BCUT2D eigenvalue weighted by atomic mass is 9.91. The van der Waals surface area contributed by atoms with Gasteiger partial charge in [-0.1, -0.05) is 6.92 Å². The number of piperidine rings is 1. The molecule has 21 heavy (non-hydrogen) atoms. The first-order chi connectivity index (χ1) is 9.35. The Morgan fingerprint density at radius 1 is 1.14 bits per heavy atom. The minimum atomic E-state index is -5.82. The summed E-state index contributed by atoms with van der Waals surface area (Å²) in [6.07, 6.45) is -11.7. The van der Waals surface area contributed by atoms with Gasteiger partial charge in [-0.25, -0.2) is 4.79 Å². The van der Waals surface area contributed by atoms with Crippen LogP contribution in [0.5, 0.6) is 0 Å². The maximum Gasteiger partial charge on any atom is 0.409 e. The normalized spacial score (nSPS) is 24.3. The quantitative estimate of drug-likeness (QED) is 0.795. The SMILES string of the molecule is CC1CCN(C(=O)C(C(F)(F)F)C(F)(F)F)C(C(=O)O)C1. The van der Waals surface area contributed by atoms with E-state index in [9.17, 15) is 35.9 Å². The number of carboxylic acid groups (broad SMARTS) is 1. The monoisotopic (exact) mass is 321 g/mol. The van der Waals surface area contributed by atoms with Crippen molar-refractivity contribution in [3.05, 3.63) is 0 Å². The Morgan fingerprint density at radius 2 is 1.62 bits per heavy atom. The van der Waals surface area contributed by atoms with E-state index < -0.39 is 42.7 Å². The number of carbonyl (C=O) groups excluding carboxylic acids is 1. The van der Waals surface area contributed by atoms with Crippen molar-refractivity contribution in [2.45, 2.75) is 38.2 Å². The van der Waals surface area contributed by atoms with Gasteiger partial charge in [0.05, 0.1) is 0 Å². The third-order valence-corrected chi connectivity index (χ3v) is 3.33. The zero-order valence-corrected chi connectivity index (χ0v) is 10.8. The number of rotatable bonds is 2. The Kier molecular flexibility index (Phi) is 4.79. The Balaban J connectivity index is 3.10. The molecule has 0 aromatic carbocycles. The second kappa shape index (κ2) is 5.72. The molecule has 1 aliphatic heterocycles. The predicted molar refractivity (Wildman–Crippen MR) is 57.1 cm³/mol. The van der Waals surface area contributed by atoms with Gasteiger partial charge in [0.1, 0.15) is 6.04 Å². The van der Waals surface area contributed by atoms with Crippen molar-refractivity contribution < 1.29 is 41.0 Å². The molecule has 4 nitrogen and oxygen atoms in total. The van der Waals surface area contributed by atoms with Gasteiger partial charge in [0.15, 0.2) is 0 Å². The van der Waals surface area contributed by atoms with E-state index >= 15 is 0 Å². The molecule has 0 aliphatic carbocycles. The summed E-state index contributed by atoms with van der Waals surface area (Å²) < 4.78 is 75.1. The molecule has 1 rings (SSSR count). The summed E-state index contributed by atoms with van der Waals surface area (Å²) >= 11 is 0. The molecular weight excluding hydrogens is 308 g/mol. The fourth-order valence-electron chi connectivity index (χ4n) is 2.27. The van der Waals surface area contributed by atoms with Gasteiger partial charge in [0.25, 0.3) is 0 Å². The van der Waals surface area contributed by atoms with Gasteiger partial charge < -0.3 is 10.0 Å². The average Bonchev–Trinajstić information content (AvgIpc) is 2.24. The van der Waals surface area contributed by atoms with Gasteiger partial charge in [-0.15, -0.1) is 0 Å². The first-order valence-electron chi connectivity index (χ1n) is 6.02. The van der Waals surface area contributed by atoms with Crippen LogP contribution >= 0.6 is 0 Å². The Bertz CT molecular complexity index is 405. The van der Waals surface area contributed by atoms with Crippen molar-refractivity contribution in [1.29, 1.82) is 0 Å². The molecule has 1 fully saturated rings. The van der Waals surface area contributed by atoms with Crippen LogP contribution in [0.15, 0.2) is 0 Å². The number of aliphatic carboxylic acids is 1.